The van der Waals surface area contributed by atoms with Crippen LogP contribution in [0, 0.1) is 5.92 Å². The van der Waals surface area contributed by atoms with Crippen molar-refractivity contribution >= 4 is 17.2 Å². The van der Waals surface area contributed by atoms with Gasteiger partial charge in [0.2, 0.25) is 5.91 Å². The van der Waals surface area contributed by atoms with Crippen LogP contribution in [0.5, 0.6) is 0 Å². The molecule has 0 saturated heterocycles. The lowest BCUT2D eigenvalue weighted by atomic mass is 10.1. The number of carbonyl (C=O) groups is 1. The lowest BCUT2D eigenvalue weighted by molar-refractivity contribution is -0.132. The summed E-state index contributed by atoms with van der Waals surface area (Å²) in [6, 6.07) is 3.95. The van der Waals surface area contributed by atoms with E-state index in [1.54, 1.807) is 23.3 Å². The number of rotatable bonds is 5. The van der Waals surface area contributed by atoms with Crippen molar-refractivity contribution in [3.05, 3.63) is 22.4 Å². The van der Waals surface area contributed by atoms with Gasteiger partial charge in [0.15, 0.2) is 0 Å². The summed E-state index contributed by atoms with van der Waals surface area (Å²) in [5.41, 5.74) is 0. The number of aliphatic hydroxyl groups is 1. The molecule has 1 aliphatic rings. The Hall–Kier alpha value is -0.870. The molecule has 2 unspecified atom stereocenters. The Bertz CT molecular complexity index is 373. The Kier molecular flexibility index (Phi) is 3.84. The molecular formula is C13H19NO2S. The topological polar surface area (TPSA) is 40.5 Å². The van der Waals surface area contributed by atoms with E-state index in [1.807, 2.05) is 24.4 Å². The van der Waals surface area contributed by atoms with Crippen LogP contribution in [0.2, 0.25) is 0 Å². The molecule has 0 aromatic carbocycles. The molecule has 1 amide bonds. The maximum atomic E-state index is 12.1. The third-order valence-corrected chi connectivity index (χ3v) is 4.40. The van der Waals surface area contributed by atoms with Gasteiger partial charge in [-0.2, -0.15) is 0 Å². The Morgan fingerprint density at radius 1 is 1.65 bits per heavy atom. The standard InChI is InChI=1S/C13H19NO2S/c1-9(12-4-3-7-17-12)13(16)14(2)8-11(15)10-5-6-10/h3-4,7,9-11,15H,5-6,8H2,1-2H3. The fourth-order valence-electron chi connectivity index (χ4n) is 1.99. The van der Waals surface area contributed by atoms with E-state index < -0.39 is 0 Å². The van der Waals surface area contributed by atoms with Crippen molar-refractivity contribution in [3.63, 3.8) is 0 Å². The monoisotopic (exact) mass is 253 g/mol. The molecule has 17 heavy (non-hydrogen) atoms. The van der Waals surface area contributed by atoms with Crippen LogP contribution in [-0.2, 0) is 4.79 Å². The molecule has 0 radical (unpaired) electrons. The predicted molar refractivity (Wildman–Crippen MR) is 69.1 cm³/mol. The van der Waals surface area contributed by atoms with Crippen molar-refractivity contribution in [1.29, 1.82) is 0 Å². The first-order valence-electron chi connectivity index (χ1n) is 6.06. The first-order valence-corrected chi connectivity index (χ1v) is 6.94. The zero-order valence-corrected chi connectivity index (χ0v) is 11.1. The minimum atomic E-state index is -0.348. The Morgan fingerprint density at radius 3 is 2.88 bits per heavy atom. The molecule has 1 heterocycles. The summed E-state index contributed by atoms with van der Waals surface area (Å²) in [7, 11) is 1.78. The number of nitrogens with zero attached hydrogens (tertiary/aromatic N) is 1. The van der Waals surface area contributed by atoms with Gasteiger partial charge in [0, 0.05) is 18.5 Å². The van der Waals surface area contributed by atoms with Crippen LogP contribution in [-0.4, -0.2) is 35.6 Å². The maximum Gasteiger partial charge on any atom is 0.230 e. The van der Waals surface area contributed by atoms with Gasteiger partial charge in [-0.25, -0.2) is 0 Å². The number of likely N-dealkylation sites (N-methyl/N-ethyl adjacent to an activating group) is 1. The molecule has 4 heteroatoms. The van der Waals surface area contributed by atoms with Crippen LogP contribution in [0.15, 0.2) is 17.5 Å². The largest absolute Gasteiger partial charge is 0.391 e. The highest BCUT2D eigenvalue weighted by atomic mass is 32.1. The summed E-state index contributed by atoms with van der Waals surface area (Å²) in [5, 5.41) is 11.8. The van der Waals surface area contributed by atoms with Crippen LogP contribution >= 0.6 is 11.3 Å². The Labute approximate surface area is 106 Å². The van der Waals surface area contributed by atoms with Crippen LogP contribution in [0.25, 0.3) is 0 Å². The van der Waals surface area contributed by atoms with E-state index in [9.17, 15) is 9.90 Å². The molecular weight excluding hydrogens is 234 g/mol. The van der Waals surface area contributed by atoms with Crippen molar-refractivity contribution in [2.24, 2.45) is 5.92 Å². The zero-order chi connectivity index (χ0) is 12.4. The van der Waals surface area contributed by atoms with Gasteiger partial charge < -0.3 is 10.0 Å². The Balaban J connectivity index is 1.89. The van der Waals surface area contributed by atoms with Crippen LogP contribution in [0.4, 0.5) is 0 Å². The van der Waals surface area contributed by atoms with Crippen molar-refractivity contribution in [3.8, 4) is 0 Å². The fourth-order valence-corrected chi connectivity index (χ4v) is 2.77. The second-order valence-electron chi connectivity index (χ2n) is 4.86. The molecule has 1 aromatic rings. The van der Waals surface area contributed by atoms with Crippen LogP contribution in [0.1, 0.15) is 30.6 Å². The second-order valence-corrected chi connectivity index (χ2v) is 5.84. The molecule has 0 bridgehead atoms. The van der Waals surface area contributed by atoms with E-state index in [0.717, 1.165) is 17.7 Å². The minimum Gasteiger partial charge on any atom is -0.391 e. The van der Waals surface area contributed by atoms with E-state index in [0.29, 0.717) is 12.5 Å². The number of thiophene rings is 1. The van der Waals surface area contributed by atoms with Gasteiger partial charge >= 0.3 is 0 Å². The Morgan fingerprint density at radius 2 is 2.35 bits per heavy atom. The van der Waals surface area contributed by atoms with E-state index in [1.165, 1.54) is 0 Å². The quantitative estimate of drug-likeness (QED) is 0.873. The van der Waals surface area contributed by atoms with Crippen LogP contribution in [0.3, 0.4) is 0 Å². The molecule has 0 spiro atoms. The molecule has 1 saturated carbocycles. The summed E-state index contributed by atoms with van der Waals surface area (Å²) in [6.07, 6.45) is 1.85. The van der Waals surface area contributed by atoms with Crippen LogP contribution < -0.4 is 0 Å². The lowest BCUT2D eigenvalue weighted by Crippen LogP contribution is -2.37. The van der Waals surface area contributed by atoms with Gasteiger partial charge in [-0.3, -0.25) is 4.79 Å². The number of hydrogen-bond donors (Lipinski definition) is 1. The third-order valence-electron chi connectivity index (χ3n) is 3.34. The van der Waals surface area contributed by atoms with Crippen molar-refractivity contribution in [2.45, 2.75) is 31.8 Å². The number of hydrogen-bond acceptors (Lipinski definition) is 3. The molecule has 1 aliphatic carbocycles. The average Bonchev–Trinajstić information content (AvgIpc) is 3.03. The molecule has 3 nitrogen and oxygen atoms in total. The van der Waals surface area contributed by atoms with Gasteiger partial charge in [-0.15, -0.1) is 11.3 Å². The summed E-state index contributed by atoms with van der Waals surface area (Å²) < 4.78 is 0. The molecule has 2 atom stereocenters. The summed E-state index contributed by atoms with van der Waals surface area (Å²) >= 11 is 1.60. The summed E-state index contributed by atoms with van der Waals surface area (Å²) in [5.74, 6) is 0.404. The van der Waals surface area contributed by atoms with Gasteiger partial charge in [0.25, 0.3) is 0 Å². The predicted octanol–water partition coefficient (Wildman–Crippen LogP) is 2.08. The summed E-state index contributed by atoms with van der Waals surface area (Å²) in [6.45, 7) is 2.38. The number of aliphatic hydroxyl groups excluding tert-OH is 1. The third kappa shape index (κ3) is 3.07. The molecule has 1 fully saturated rings. The maximum absolute atomic E-state index is 12.1. The first kappa shape index (κ1) is 12.6. The number of amides is 1. The fraction of sp³-hybridized carbons (Fsp3) is 0.615. The molecule has 94 valence electrons. The minimum absolute atomic E-state index is 0.0900. The van der Waals surface area contributed by atoms with Crippen molar-refractivity contribution in [2.75, 3.05) is 13.6 Å². The zero-order valence-electron chi connectivity index (χ0n) is 10.3. The highest BCUT2D eigenvalue weighted by molar-refractivity contribution is 7.10. The molecule has 0 aliphatic heterocycles. The van der Waals surface area contributed by atoms with Gasteiger partial charge in [0.05, 0.1) is 12.0 Å². The normalized spacial score (nSPS) is 18.8. The number of carbonyl (C=O) groups excluding carboxylic acids is 1. The van der Waals surface area contributed by atoms with Gasteiger partial charge in [-0.1, -0.05) is 6.07 Å². The van der Waals surface area contributed by atoms with E-state index in [4.69, 9.17) is 0 Å². The molecule has 1 aromatic heterocycles. The van der Waals surface area contributed by atoms with Gasteiger partial charge in [-0.05, 0) is 37.1 Å². The SMILES string of the molecule is CC(C(=O)N(C)CC(O)C1CC1)c1cccs1. The molecule has 2 rings (SSSR count). The first-order chi connectivity index (χ1) is 8.09. The molecule has 1 N–H and O–H groups in total. The van der Waals surface area contributed by atoms with Crippen molar-refractivity contribution < 1.29 is 9.90 Å². The highest BCUT2D eigenvalue weighted by Gasteiger charge is 2.32. The average molecular weight is 253 g/mol. The van der Waals surface area contributed by atoms with E-state index >= 15 is 0 Å². The van der Waals surface area contributed by atoms with Crippen molar-refractivity contribution in [1.82, 2.24) is 4.90 Å². The highest BCUT2D eigenvalue weighted by Crippen LogP contribution is 2.33. The van der Waals surface area contributed by atoms with E-state index in [2.05, 4.69) is 0 Å². The lowest BCUT2D eigenvalue weighted by Gasteiger charge is -2.23. The van der Waals surface area contributed by atoms with E-state index in [-0.39, 0.29) is 17.9 Å². The second kappa shape index (κ2) is 5.19. The smallest absolute Gasteiger partial charge is 0.230 e. The van der Waals surface area contributed by atoms with Gasteiger partial charge in [0.1, 0.15) is 0 Å². The summed E-state index contributed by atoms with van der Waals surface area (Å²) in [4.78, 5) is 14.9.